The van der Waals surface area contributed by atoms with Crippen LogP contribution in [-0.4, -0.2) is 20.6 Å². The highest BCUT2D eigenvalue weighted by atomic mass is 16.4. The van der Waals surface area contributed by atoms with E-state index in [-0.39, 0.29) is 0 Å². The molecule has 4 nitrogen and oxygen atoms in total. The maximum absolute atomic E-state index is 11.0. The van der Waals surface area contributed by atoms with Crippen LogP contribution in [0, 0.1) is 5.92 Å². The average molecular weight is 260 g/mol. The molecule has 4 heteroatoms. The number of hydrogen-bond donors (Lipinski definition) is 1. The largest absolute Gasteiger partial charge is 0.481 e. The molecule has 1 aromatic heterocycles. The van der Waals surface area contributed by atoms with Gasteiger partial charge in [0.05, 0.1) is 17.0 Å². The fraction of sp³-hybridized carbons (Fsp3) is 0.467. The lowest BCUT2D eigenvalue weighted by atomic mass is 10.0. The Bertz CT molecular complexity index is 614. The van der Waals surface area contributed by atoms with E-state index in [1.165, 1.54) is 0 Å². The van der Waals surface area contributed by atoms with Gasteiger partial charge in [0.25, 0.3) is 0 Å². The molecule has 0 aliphatic heterocycles. The number of nitrogens with zero attached hydrogens (tertiary/aromatic N) is 2. The van der Waals surface area contributed by atoms with Crippen LogP contribution in [0.15, 0.2) is 18.2 Å². The molecule has 19 heavy (non-hydrogen) atoms. The zero-order valence-electron chi connectivity index (χ0n) is 11.8. The molecule has 1 unspecified atom stereocenters. The summed E-state index contributed by atoms with van der Waals surface area (Å²) < 4.78 is 2.06. The van der Waals surface area contributed by atoms with E-state index < -0.39 is 11.9 Å². The molecule has 1 atom stereocenters. The summed E-state index contributed by atoms with van der Waals surface area (Å²) in [5, 5.41) is 9.08. The first-order valence-electron chi connectivity index (χ1n) is 6.58. The van der Waals surface area contributed by atoms with E-state index in [4.69, 9.17) is 5.11 Å². The van der Waals surface area contributed by atoms with Crippen molar-refractivity contribution in [2.75, 3.05) is 0 Å². The van der Waals surface area contributed by atoms with Crippen LogP contribution in [0.5, 0.6) is 0 Å². The van der Waals surface area contributed by atoms with Gasteiger partial charge in [-0.3, -0.25) is 4.79 Å². The van der Waals surface area contributed by atoms with Gasteiger partial charge in [-0.2, -0.15) is 0 Å². The molecular weight excluding hydrogens is 240 g/mol. The standard InChI is InChI=1S/C15H20N2O2/c1-9(2)7-14-16-12-6-5-11(10(3)15(18)19)8-13(12)17(14)4/h5-6,8-10H,7H2,1-4H3,(H,18,19). The number of rotatable bonds is 4. The summed E-state index contributed by atoms with van der Waals surface area (Å²) in [5.74, 6) is 0.301. The van der Waals surface area contributed by atoms with Crippen LogP contribution in [0.2, 0.25) is 0 Å². The number of aryl methyl sites for hydroxylation is 1. The molecule has 0 fully saturated rings. The Balaban J connectivity index is 2.48. The van der Waals surface area contributed by atoms with Gasteiger partial charge in [-0.25, -0.2) is 4.98 Å². The third-order valence-electron chi connectivity index (χ3n) is 3.46. The summed E-state index contributed by atoms with van der Waals surface area (Å²) in [4.78, 5) is 15.7. The lowest BCUT2D eigenvalue weighted by Gasteiger charge is -2.07. The summed E-state index contributed by atoms with van der Waals surface area (Å²) in [6.45, 7) is 6.03. The van der Waals surface area contributed by atoms with Crippen LogP contribution in [-0.2, 0) is 18.3 Å². The van der Waals surface area contributed by atoms with Crippen LogP contribution in [0.3, 0.4) is 0 Å². The second kappa shape index (κ2) is 5.03. The van der Waals surface area contributed by atoms with Gasteiger partial charge in [0.1, 0.15) is 5.82 Å². The Labute approximate surface area is 113 Å². The van der Waals surface area contributed by atoms with Crippen molar-refractivity contribution in [1.82, 2.24) is 9.55 Å². The zero-order chi connectivity index (χ0) is 14.2. The Morgan fingerprint density at radius 3 is 2.63 bits per heavy atom. The average Bonchev–Trinajstić information content (AvgIpc) is 2.64. The van der Waals surface area contributed by atoms with Gasteiger partial charge >= 0.3 is 5.97 Å². The van der Waals surface area contributed by atoms with Crippen molar-refractivity contribution in [3.05, 3.63) is 29.6 Å². The minimum atomic E-state index is -0.802. The molecule has 0 aliphatic carbocycles. The summed E-state index contributed by atoms with van der Waals surface area (Å²) in [7, 11) is 1.99. The number of hydrogen-bond acceptors (Lipinski definition) is 2. The smallest absolute Gasteiger partial charge is 0.310 e. The van der Waals surface area contributed by atoms with Crippen molar-refractivity contribution >= 4 is 17.0 Å². The molecule has 0 spiro atoms. The van der Waals surface area contributed by atoms with Crippen LogP contribution in [0.1, 0.15) is 38.1 Å². The first kappa shape index (κ1) is 13.6. The highest BCUT2D eigenvalue weighted by Crippen LogP contribution is 2.23. The van der Waals surface area contributed by atoms with E-state index in [1.54, 1.807) is 6.92 Å². The maximum Gasteiger partial charge on any atom is 0.310 e. The molecule has 1 heterocycles. The molecule has 2 rings (SSSR count). The van der Waals surface area contributed by atoms with Gasteiger partial charge in [-0.05, 0) is 30.5 Å². The molecule has 0 aliphatic rings. The number of fused-ring (bicyclic) bond motifs is 1. The molecule has 0 amide bonds. The maximum atomic E-state index is 11.0. The third kappa shape index (κ3) is 2.62. The Morgan fingerprint density at radius 2 is 2.05 bits per heavy atom. The van der Waals surface area contributed by atoms with Crippen molar-refractivity contribution in [3.63, 3.8) is 0 Å². The van der Waals surface area contributed by atoms with Crippen LogP contribution < -0.4 is 0 Å². The Kier molecular flexibility index (Phi) is 3.60. The molecule has 2 aromatic rings. The summed E-state index contributed by atoms with van der Waals surface area (Å²) in [5.41, 5.74) is 2.75. The lowest BCUT2D eigenvalue weighted by molar-refractivity contribution is -0.138. The van der Waals surface area contributed by atoms with Crippen molar-refractivity contribution in [2.45, 2.75) is 33.1 Å². The topological polar surface area (TPSA) is 55.1 Å². The van der Waals surface area contributed by atoms with Crippen molar-refractivity contribution < 1.29 is 9.90 Å². The van der Waals surface area contributed by atoms with E-state index in [1.807, 2.05) is 25.2 Å². The fourth-order valence-electron chi connectivity index (χ4n) is 2.22. The molecule has 1 N–H and O–H groups in total. The molecule has 102 valence electrons. The van der Waals surface area contributed by atoms with Crippen molar-refractivity contribution in [3.8, 4) is 0 Å². The number of imidazole rings is 1. The molecular formula is C15H20N2O2. The molecule has 0 radical (unpaired) electrons. The van der Waals surface area contributed by atoms with E-state index in [0.717, 1.165) is 28.8 Å². The second-order valence-electron chi connectivity index (χ2n) is 5.49. The van der Waals surface area contributed by atoms with Gasteiger partial charge < -0.3 is 9.67 Å². The predicted octanol–water partition coefficient (Wildman–Crippen LogP) is 2.96. The first-order chi connectivity index (χ1) is 8.90. The second-order valence-corrected chi connectivity index (χ2v) is 5.49. The lowest BCUT2D eigenvalue weighted by Crippen LogP contribution is -2.07. The third-order valence-corrected chi connectivity index (χ3v) is 3.46. The van der Waals surface area contributed by atoms with Gasteiger partial charge in [0.15, 0.2) is 0 Å². The van der Waals surface area contributed by atoms with Gasteiger partial charge in [0, 0.05) is 13.5 Å². The summed E-state index contributed by atoms with van der Waals surface area (Å²) in [6, 6.07) is 5.70. The molecule has 0 saturated heterocycles. The number of aromatic nitrogens is 2. The van der Waals surface area contributed by atoms with Gasteiger partial charge in [0.2, 0.25) is 0 Å². The Morgan fingerprint density at radius 1 is 1.37 bits per heavy atom. The SMILES string of the molecule is CC(C)Cc1nc2ccc(C(C)C(=O)O)cc2n1C. The zero-order valence-corrected chi connectivity index (χ0v) is 11.8. The van der Waals surface area contributed by atoms with Crippen molar-refractivity contribution in [2.24, 2.45) is 13.0 Å². The van der Waals surface area contributed by atoms with Gasteiger partial charge in [-0.1, -0.05) is 19.9 Å². The number of carbonyl (C=O) groups is 1. The monoisotopic (exact) mass is 260 g/mol. The summed E-state index contributed by atoms with van der Waals surface area (Å²) in [6.07, 6.45) is 0.926. The van der Waals surface area contributed by atoms with Crippen LogP contribution in [0.25, 0.3) is 11.0 Å². The number of aliphatic carboxylic acids is 1. The Hall–Kier alpha value is -1.84. The van der Waals surface area contributed by atoms with E-state index in [0.29, 0.717) is 5.92 Å². The quantitative estimate of drug-likeness (QED) is 0.919. The molecule has 0 bridgehead atoms. The molecule has 1 aromatic carbocycles. The normalized spacial score (nSPS) is 13.1. The predicted molar refractivity (Wildman–Crippen MR) is 75.3 cm³/mol. The van der Waals surface area contributed by atoms with Crippen LogP contribution >= 0.6 is 0 Å². The minimum Gasteiger partial charge on any atom is -0.481 e. The number of benzene rings is 1. The van der Waals surface area contributed by atoms with Crippen LogP contribution in [0.4, 0.5) is 0 Å². The van der Waals surface area contributed by atoms with E-state index in [9.17, 15) is 4.79 Å². The van der Waals surface area contributed by atoms with Gasteiger partial charge in [-0.15, -0.1) is 0 Å². The number of carboxylic acid groups (broad SMARTS) is 1. The minimum absolute atomic E-state index is 0.493. The summed E-state index contributed by atoms with van der Waals surface area (Å²) >= 11 is 0. The van der Waals surface area contributed by atoms with Crippen molar-refractivity contribution in [1.29, 1.82) is 0 Å². The molecule has 0 saturated carbocycles. The first-order valence-corrected chi connectivity index (χ1v) is 6.58. The fourth-order valence-corrected chi connectivity index (χ4v) is 2.22. The number of carboxylic acids is 1. The van der Waals surface area contributed by atoms with E-state index in [2.05, 4.69) is 23.4 Å². The highest BCUT2D eigenvalue weighted by molar-refractivity contribution is 5.81. The van der Waals surface area contributed by atoms with E-state index >= 15 is 0 Å². The highest BCUT2D eigenvalue weighted by Gasteiger charge is 2.16.